The Morgan fingerprint density at radius 2 is 1.70 bits per heavy atom. The maximum Gasteiger partial charge on any atom is 0.184 e. The summed E-state index contributed by atoms with van der Waals surface area (Å²) in [4.78, 5) is 0. The number of fused-ring (bicyclic) bond motifs is 1. The first-order valence-corrected chi connectivity index (χ1v) is 6.40. The second-order valence-corrected chi connectivity index (χ2v) is 4.54. The number of nitrogens with one attached hydrogen (secondary N) is 1. The fourth-order valence-electron chi connectivity index (χ4n) is 2.26. The molecule has 3 aromatic carbocycles. The van der Waals surface area contributed by atoms with Gasteiger partial charge in [-0.15, -0.1) is 0 Å². The van der Waals surface area contributed by atoms with Crippen molar-refractivity contribution >= 4 is 22.1 Å². The lowest BCUT2D eigenvalue weighted by atomic mass is 10.1. The first kappa shape index (κ1) is 12.4. The third kappa shape index (κ3) is 2.26. The van der Waals surface area contributed by atoms with E-state index in [1.54, 1.807) is 19.2 Å². The van der Waals surface area contributed by atoms with Crippen LogP contribution in [-0.2, 0) is 0 Å². The van der Waals surface area contributed by atoms with Gasteiger partial charge >= 0.3 is 0 Å². The summed E-state index contributed by atoms with van der Waals surface area (Å²) < 4.78 is 5.22. The molecule has 0 saturated carbocycles. The Bertz CT molecular complexity index is 753. The van der Waals surface area contributed by atoms with Gasteiger partial charge in [0.05, 0.1) is 12.8 Å². The van der Waals surface area contributed by atoms with Gasteiger partial charge in [-0.2, -0.15) is 0 Å². The van der Waals surface area contributed by atoms with Gasteiger partial charge in [0.15, 0.2) is 11.5 Å². The number of hydrogen-bond acceptors (Lipinski definition) is 3. The zero-order valence-electron chi connectivity index (χ0n) is 11.1. The van der Waals surface area contributed by atoms with E-state index in [2.05, 4.69) is 29.6 Å². The summed E-state index contributed by atoms with van der Waals surface area (Å²) in [7, 11) is 1.54. The first-order valence-electron chi connectivity index (χ1n) is 6.40. The van der Waals surface area contributed by atoms with Crippen molar-refractivity contribution in [3.8, 4) is 11.5 Å². The molecule has 0 fully saturated rings. The molecule has 100 valence electrons. The number of aromatic hydroxyl groups is 1. The van der Waals surface area contributed by atoms with E-state index in [1.165, 1.54) is 5.39 Å². The van der Waals surface area contributed by atoms with Crippen molar-refractivity contribution in [1.82, 2.24) is 0 Å². The van der Waals surface area contributed by atoms with Gasteiger partial charge < -0.3 is 15.2 Å². The molecule has 0 saturated heterocycles. The fourth-order valence-corrected chi connectivity index (χ4v) is 2.26. The molecule has 0 spiro atoms. The number of hydrogen-bond donors (Lipinski definition) is 2. The summed E-state index contributed by atoms with van der Waals surface area (Å²) in [6.45, 7) is 0. The number of benzene rings is 3. The maximum absolute atomic E-state index is 9.78. The molecular weight excluding hydrogens is 250 g/mol. The minimum atomic E-state index is 0.123. The van der Waals surface area contributed by atoms with Crippen LogP contribution in [-0.4, -0.2) is 12.2 Å². The molecule has 0 aromatic heterocycles. The average Bonchev–Trinajstić information content (AvgIpc) is 2.47. The molecule has 3 heteroatoms. The van der Waals surface area contributed by atoms with E-state index in [0.29, 0.717) is 5.75 Å². The number of anilines is 2. The van der Waals surface area contributed by atoms with Gasteiger partial charge in [0.25, 0.3) is 0 Å². The maximum atomic E-state index is 9.78. The monoisotopic (exact) mass is 265 g/mol. The number of para-hydroxylation sites is 1. The lowest BCUT2D eigenvalue weighted by Gasteiger charge is -2.12. The predicted octanol–water partition coefficient (Wildman–Crippen LogP) is 4.30. The highest BCUT2D eigenvalue weighted by atomic mass is 16.5. The van der Waals surface area contributed by atoms with Crippen molar-refractivity contribution < 1.29 is 9.84 Å². The normalized spacial score (nSPS) is 10.4. The molecule has 0 atom stereocenters. The predicted molar refractivity (Wildman–Crippen MR) is 81.9 cm³/mol. The summed E-state index contributed by atoms with van der Waals surface area (Å²) in [5.74, 6) is 0.568. The Morgan fingerprint density at radius 1 is 0.900 bits per heavy atom. The van der Waals surface area contributed by atoms with E-state index in [1.807, 2.05) is 24.3 Å². The Balaban J connectivity index is 1.99. The number of rotatable bonds is 3. The highest BCUT2D eigenvalue weighted by Crippen LogP contribution is 2.36. The lowest BCUT2D eigenvalue weighted by Crippen LogP contribution is -1.94. The van der Waals surface area contributed by atoms with Gasteiger partial charge in [-0.25, -0.2) is 0 Å². The lowest BCUT2D eigenvalue weighted by molar-refractivity contribution is 0.375. The third-order valence-corrected chi connectivity index (χ3v) is 3.23. The third-order valence-electron chi connectivity index (χ3n) is 3.23. The van der Waals surface area contributed by atoms with Crippen molar-refractivity contribution in [2.75, 3.05) is 12.4 Å². The van der Waals surface area contributed by atoms with Gasteiger partial charge in [-0.05, 0) is 35.0 Å². The number of ether oxygens (including phenoxy) is 1. The number of phenols is 1. The van der Waals surface area contributed by atoms with Crippen molar-refractivity contribution in [3.63, 3.8) is 0 Å². The molecule has 20 heavy (non-hydrogen) atoms. The van der Waals surface area contributed by atoms with Crippen LogP contribution in [0.15, 0.2) is 60.7 Å². The number of methoxy groups -OCH3 is 1. The molecule has 0 radical (unpaired) electrons. The Morgan fingerprint density at radius 3 is 2.50 bits per heavy atom. The van der Waals surface area contributed by atoms with Crippen molar-refractivity contribution in [1.29, 1.82) is 0 Å². The average molecular weight is 265 g/mol. The molecule has 0 bridgehead atoms. The van der Waals surface area contributed by atoms with Gasteiger partial charge in [0.2, 0.25) is 0 Å². The minimum absolute atomic E-state index is 0.123. The van der Waals surface area contributed by atoms with E-state index in [-0.39, 0.29) is 5.75 Å². The Kier molecular flexibility index (Phi) is 3.17. The van der Waals surface area contributed by atoms with E-state index in [9.17, 15) is 5.11 Å². The first-order chi connectivity index (χ1) is 9.78. The molecule has 2 N–H and O–H groups in total. The second kappa shape index (κ2) is 5.13. The van der Waals surface area contributed by atoms with Crippen molar-refractivity contribution in [3.05, 3.63) is 60.7 Å². The van der Waals surface area contributed by atoms with E-state index in [0.717, 1.165) is 16.8 Å². The summed E-state index contributed by atoms with van der Waals surface area (Å²) >= 11 is 0. The molecule has 3 aromatic rings. The van der Waals surface area contributed by atoms with Gasteiger partial charge in [0, 0.05) is 5.69 Å². The smallest absolute Gasteiger partial charge is 0.184 e. The highest BCUT2D eigenvalue weighted by molar-refractivity contribution is 5.87. The van der Waals surface area contributed by atoms with Gasteiger partial charge in [0.1, 0.15) is 0 Å². The minimum Gasteiger partial charge on any atom is -0.504 e. The van der Waals surface area contributed by atoms with E-state index < -0.39 is 0 Å². The highest BCUT2D eigenvalue weighted by Gasteiger charge is 2.08. The molecule has 3 nitrogen and oxygen atoms in total. The topological polar surface area (TPSA) is 41.5 Å². The van der Waals surface area contributed by atoms with Crippen LogP contribution in [0, 0.1) is 0 Å². The molecule has 0 unspecified atom stereocenters. The van der Waals surface area contributed by atoms with Crippen molar-refractivity contribution in [2.24, 2.45) is 0 Å². The second-order valence-electron chi connectivity index (χ2n) is 4.54. The Hall–Kier alpha value is -2.68. The standard InChI is InChI=1S/C17H15NO2/c1-20-17-15(7-4-8-16(17)19)18-14-10-9-12-5-2-3-6-13(12)11-14/h2-11,18-19H,1H3. The fraction of sp³-hybridized carbons (Fsp3) is 0.0588. The molecular formula is C17H15NO2. The van der Waals surface area contributed by atoms with Crippen LogP contribution in [0.4, 0.5) is 11.4 Å². The molecule has 0 aliphatic heterocycles. The van der Waals surface area contributed by atoms with Crippen LogP contribution < -0.4 is 10.1 Å². The SMILES string of the molecule is COc1c(O)cccc1Nc1ccc2ccccc2c1. The molecule has 0 heterocycles. The Labute approximate surface area is 117 Å². The zero-order chi connectivity index (χ0) is 13.9. The summed E-state index contributed by atoms with van der Waals surface area (Å²) in [6, 6.07) is 19.6. The van der Waals surface area contributed by atoms with Crippen LogP contribution in [0.1, 0.15) is 0 Å². The quantitative estimate of drug-likeness (QED) is 0.742. The molecule has 3 rings (SSSR count). The summed E-state index contributed by atoms with van der Waals surface area (Å²) in [5, 5.41) is 15.4. The van der Waals surface area contributed by atoms with Crippen LogP contribution in [0.3, 0.4) is 0 Å². The summed E-state index contributed by atoms with van der Waals surface area (Å²) in [5.41, 5.74) is 1.69. The van der Waals surface area contributed by atoms with E-state index >= 15 is 0 Å². The molecule has 0 aliphatic carbocycles. The zero-order valence-corrected chi connectivity index (χ0v) is 11.1. The molecule has 0 aliphatic rings. The molecule has 0 amide bonds. The van der Waals surface area contributed by atoms with Gasteiger partial charge in [-0.3, -0.25) is 0 Å². The van der Waals surface area contributed by atoms with E-state index in [4.69, 9.17) is 4.74 Å². The van der Waals surface area contributed by atoms with Crippen LogP contribution >= 0.6 is 0 Å². The largest absolute Gasteiger partial charge is 0.504 e. The van der Waals surface area contributed by atoms with Gasteiger partial charge in [-0.1, -0.05) is 36.4 Å². The van der Waals surface area contributed by atoms with Crippen LogP contribution in [0.5, 0.6) is 11.5 Å². The van der Waals surface area contributed by atoms with Crippen LogP contribution in [0.2, 0.25) is 0 Å². The summed E-state index contributed by atoms with van der Waals surface area (Å²) in [6.07, 6.45) is 0. The number of phenolic OH excluding ortho intramolecular Hbond substituents is 1. The van der Waals surface area contributed by atoms with Crippen LogP contribution in [0.25, 0.3) is 10.8 Å². The van der Waals surface area contributed by atoms with Crippen molar-refractivity contribution in [2.45, 2.75) is 0 Å².